The number of rotatable bonds is 6. The maximum atomic E-state index is 5.49. The van der Waals surface area contributed by atoms with Gasteiger partial charge in [-0.15, -0.1) is 11.3 Å². The molecule has 0 spiro atoms. The Morgan fingerprint density at radius 3 is 2.66 bits per heavy atom. The Kier molecular flexibility index (Phi) is 5.91. The molecule has 0 aliphatic carbocycles. The van der Waals surface area contributed by atoms with Gasteiger partial charge in [-0.2, -0.15) is 5.10 Å². The smallest absolute Gasteiger partial charge is 0.146 e. The molecule has 5 rings (SSSR count). The molecule has 4 heterocycles. The van der Waals surface area contributed by atoms with Gasteiger partial charge in [-0.25, -0.2) is 14.6 Å². The first kappa shape index (κ1) is 21.1. The molecule has 4 aromatic rings. The molecule has 1 fully saturated rings. The van der Waals surface area contributed by atoms with Crippen molar-refractivity contribution in [3.63, 3.8) is 0 Å². The van der Waals surface area contributed by atoms with E-state index in [1.807, 2.05) is 29.1 Å². The summed E-state index contributed by atoms with van der Waals surface area (Å²) >= 11 is 1.76. The lowest BCUT2D eigenvalue weighted by Crippen LogP contribution is -2.36. The molecule has 3 aromatic heterocycles. The van der Waals surface area contributed by atoms with Crippen LogP contribution in [0.15, 0.2) is 42.7 Å². The van der Waals surface area contributed by atoms with E-state index in [0.717, 1.165) is 72.5 Å². The summed E-state index contributed by atoms with van der Waals surface area (Å²) in [6.07, 6.45) is 4.02. The van der Waals surface area contributed by atoms with Crippen molar-refractivity contribution in [1.82, 2.24) is 24.6 Å². The highest BCUT2D eigenvalue weighted by Crippen LogP contribution is 2.35. The molecule has 0 saturated carbocycles. The minimum atomic E-state index is 0.726. The highest BCUT2D eigenvalue weighted by atomic mass is 32.1. The molecule has 1 aliphatic heterocycles. The minimum Gasteiger partial charge on any atom is -0.379 e. The number of hydrogen-bond acceptors (Lipinski definition) is 7. The van der Waals surface area contributed by atoms with E-state index in [1.165, 1.54) is 10.4 Å². The largest absolute Gasteiger partial charge is 0.379 e. The maximum absolute atomic E-state index is 5.49. The molecule has 7 nitrogen and oxygen atoms in total. The quantitative estimate of drug-likeness (QED) is 0.445. The van der Waals surface area contributed by atoms with Crippen molar-refractivity contribution in [1.29, 1.82) is 0 Å². The van der Waals surface area contributed by atoms with E-state index in [9.17, 15) is 0 Å². The Bertz CT molecular complexity index is 1210. The lowest BCUT2D eigenvalue weighted by Gasteiger charge is -2.26. The van der Waals surface area contributed by atoms with E-state index in [2.05, 4.69) is 54.1 Å². The molecule has 1 saturated heterocycles. The summed E-state index contributed by atoms with van der Waals surface area (Å²) in [5.74, 6) is 1.87. The Morgan fingerprint density at radius 1 is 1.09 bits per heavy atom. The third-order valence-corrected chi connectivity index (χ3v) is 7.06. The van der Waals surface area contributed by atoms with Gasteiger partial charge in [0.1, 0.15) is 16.5 Å². The van der Waals surface area contributed by atoms with E-state index in [4.69, 9.17) is 14.7 Å². The Morgan fingerprint density at radius 2 is 1.88 bits per heavy atom. The van der Waals surface area contributed by atoms with Crippen molar-refractivity contribution in [2.24, 2.45) is 0 Å². The third-order valence-electron chi connectivity index (χ3n) is 5.96. The van der Waals surface area contributed by atoms with Crippen LogP contribution in [-0.2, 0) is 17.8 Å². The summed E-state index contributed by atoms with van der Waals surface area (Å²) in [6, 6.07) is 10.2. The third kappa shape index (κ3) is 4.26. The molecule has 166 valence electrons. The van der Waals surface area contributed by atoms with Crippen LogP contribution >= 0.6 is 11.3 Å². The average molecular weight is 449 g/mol. The summed E-state index contributed by atoms with van der Waals surface area (Å²) in [6.45, 7) is 9.21. The van der Waals surface area contributed by atoms with Crippen LogP contribution in [0.4, 0.5) is 5.82 Å². The van der Waals surface area contributed by atoms with Gasteiger partial charge >= 0.3 is 0 Å². The Balaban J connectivity index is 1.44. The number of thiophene rings is 1. The molecule has 0 unspecified atom stereocenters. The number of ether oxygens (including phenoxy) is 1. The number of para-hydroxylation sites is 1. The minimum absolute atomic E-state index is 0.726. The summed E-state index contributed by atoms with van der Waals surface area (Å²) in [4.78, 5) is 16.9. The second-order valence-electron chi connectivity index (χ2n) is 8.30. The summed E-state index contributed by atoms with van der Waals surface area (Å²) in [7, 11) is 2.10. The van der Waals surface area contributed by atoms with Crippen molar-refractivity contribution in [2.75, 3.05) is 38.3 Å². The van der Waals surface area contributed by atoms with Crippen LogP contribution in [-0.4, -0.2) is 58.0 Å². The molecule has 0 radical (unpaired) electrons. The molecule has 0 N–H and O–H groups in total. The molecule has 32 heavy (non-hydrogen) atoms. The monoisotopic (exact) mass is 448 g/mol. The second-order valence-corrected chi connectivity index (χ2v) is 9.50. The molecular formula is C24H28N6OS. The molecular weight excluding hydrogens is 420 g/mol. The fourth-order valence-corrected chi connectivity index (χ4v) is 5.13. The molecule has 1 aromatic carbocycles. The summed E-state index contributed by atoms with van der Waals surface area (Å²) < 4.78 is 7.41. The Hall–Kier alpha value is -2.81. The predicted molar refractivity (Wildman–Crippen MR) is 129 cm³/mol. The van der Waals surface area contributed by atoms with E-state index >= 15 is 0 Å². The van der Waals surface area contributed by atoms with Crippen LogP contribution in [0.1, 0.15) is 21.8 Å². The first-order valence-electron chi connectivity index (χ1n) is 11.0. The highest BCUT2D eigenvalue weighted by Gasteiger charge is 2.20. The number of nitrogens with zero attached hydrogens (tertiary/aromatic N) is 6. The normalized spacial score (nSPS) is 14.8. The van der Waals surface area contributed by atoms with Gasteiger partial charge < -0.3 is 9.64 Å². The number of fused-ring (bicyclic) bond motifs is 1. The molecule has 0 bridgehead atoms. The number of hydrogen-bond donors (Lipinski definition) is 0. The van der Waals surface area contributed by atoms with Gasteiger partial charge in [0, 0.05) is 43.3 Å². The van der Waals surface area contributed by atoms with Gasteiger partial charge in [0.25, 0.3) is 0 Å². The number of aromatic nitrogens is 4. The van der Waals surface area contributed by atoms with E-state index < -0.39 is 0 Å². The number of morpholine rings is 1. The van der Waals surface area contributed by atoms with Gasteiger partial charge in [-0.1, -0.05) is 18.2 Å². The van der Waals surface area contributed by atoms with Crippen LogP contribution in [0, 0.1) is 13.8 Å². The van der Waals surface area contributed by atoms with Crippen LogP contribution in [0.3, 0.4) is 0 Å². The van der Waals surface area contributed by atoms with Crippen molar-refractivity contribution < 1.29 is 4.74 Å². The first-order chi connectivity index (χ1) is 15.6. The van der Waals surface area contributed by atoms with Crippen molar-refractivity contribution in [3.05, 3.63) is 64.6 Å². The zero-order valence-corrected chi connectivity index (χ0v) is 19.6. The average Bonchev–Trinajstić information content (AvgIpc) is 3.39. The van der Waals surface area contributed by atoms with Crippen molar-refractivity contribution in [2.45, 2.75) is 26.9 Å². The summed E-state index contributed by atoms with van der Waals surface area (Å²) in [5.41, 5.74) is 3.47. The summed E-state index contributed by atoms with van der Waals surface area (Å²) in [5, 5.41) is 5.72. The Labute approximate surface area is 192 Å². The fourth-order valence-electron chi connectivity index (χ4n) is 4.09. The van der Waals surface area contributed by atoms with E-state index in [0.29, 0.717) is 0 Å². The van der Waals surface area contributed by atoms with E-state index in [1.54, 1.807) is 11.3 Å². The highest BCUT2D eigenvalue weighted by molar-refractivity contribution is 7.18. The first-order valence-corrected chi connectivity index (χ1v) is 11.8. The van der Waals surface area contributed by atoms with Crippen molar-refractivity contribution >= 4 is 27.4 Å². The number of anilines is 1. The maximum Gasteiger partial charge on any atom is 0.146 e. The van der Waals surface area contributed by atoms with Crippen LogP contribution in [0.2, 0.25) is 0 Å². The van der Waals surface area contributed by atoms with Gasteiger partial charge in [-0.05, 0) is 31.5 Å². The van der Waals surface area contributed by atoms with Crippen molar-refractivity contribution in [3.8, 4) is 5.69 Å². The number of benzene rings is 1. The van der Waals surface area contributed by atoms with Gasteiger partial charge in [0.15, 0.2) is 0 Å². The van der Waals surface area contributed by atoms with Crippen LogP contribution in [0.5, 0.6) is 0 Å². The molecule has 0 atom stereocenters. The van der Waals surface area contributed by atoms with Gasteiger partial charge in [0.05, 0.1) is 37.0 Å². The van der Waals surface area contributed by atoms with Gasteiger partial charge in [-0.3, -0.25) is 4.90 Å². The zero-order chi connectivity index (χ0) is 22.1. The predicted octanol–water partition coefficient (Wildman–Crippen LogP) is 3.96. The lowest BCUT2D eigenvalue weighted by molar-refractivity contribution is 0.0331. The van der Waals surface area contributed by atoms with Crippen LogP contribution < -0.4 is 4.90 Å². The standard InChI is InChI=1S/C24H28N6OS/c1-17-18(2)32-24-22(17)23(26-21(27-24)16-29-9-11-31-12-10-29)28(3)14-19-13-25-30(15-19)20-7-5-4-6-8-20/h4-8,13,15H,9-12,14,16H2,1-3H3. The SMILES string of the molecule is Cc1sc2nc(CN3CCOCC3)nc(N(C)Cc3cnn(-c4ccccc4)c3)c2c1C. The second kappa shape index (κ2) is 8.97. The lowest BCUT2D eigenvalue weighted by atomic mass is 10.2. The van der Waals surface area contributed by atoms with E-state index in [-0.39, 0.29) is 0 Å². The molecule has 0 amide bonds. The number of aryl methyl sites for hydroxylation is 2. The van der Waals surface area contributed by atoms with Crippen LogP contribution in [0.25, 0.3) is 15.9 Å². The molecule has 1 aliphatic rings. The van der Waals surface area contributed by atoms with Gasteiger partial charge in [0.2, 0.25) is 0 Å². The fraction of sp³-hybridized carbons (Fsp3) is 0.375. The molecule has 8 heteroatoms. The topological polar surface area (TPSA) is 59.3 Å². The zero-order valence-electron chi connectivity index (χ0n) is 18.8.